The zero-order valence-corrected chi connectivity index (χ0v) is 19.6. The van der Waals surface area contributed by atoms with Gasteiger partial charge in [-0.2, -0.15) is 0 Å². The zero-order chi connectivity index (χ0) is 23.2. The lowest BCUT2D eigenvalue weighted by Gasteiger charge is -2.15. The maximum atomic E-state index is 13.3. The van der Waals surface area contributed by atoms with E-state index in [2.05, 4.69) is 10.3 Å². The van der Waals surface area contributed by atoms with Crippen LogP contribution in [0.5, 0.6) is 11.5 Å². The van der Waals surface area contributed by atoms with Crippen molar-refractivity contribution >= 4 is 34.1 Å². The smallest absolute Gasteiger partial charge is 0.255 e. The quantitative estimate of drug-likeness (QED) is 0.359. The molecule has 2 aromatic heterocycles. The Morgan fingerprint density at radius 1 is 0.939 bits per heavy atom. The monoisotopic (exact) mass is 483 g/mol. The van der Waals surface area contributed by atoms with E-state index >= 15 is 0 Å². The summed E-state index contributed by atoms with van der Waals surface area (Å²) < 4.78 is 12.7. The van der Waals surface area contributed by atoms with Gasteiger partial charge in [0.1, 0.15) is 18.1 Å². The van der Waals surface area contributed by atoms with Gasteiger partial charge in [0, 0.05) is 34.9 Å². The van der Waals surface area contributed by atoms with Gasteiger partial charge in [0.25, 0.3) is 5.56 Å². The predicted octanol–water partition coefficient (Wildman–Crippen LogP) is 5.08. The van der Waals surface area contributed by atoms with Crippen molar-refractivity contribution in [1.29, 1.82) is 0 Å². The van der Waals surface area contributed by atoms with E-state index in [1.807, 2.05) is 42.5 Å². The Labute approximate surface area is 201 Å². The lowest BCUT2D eigenvalue weighted by atomic mass is 10.1. The van der Waals surface area contributed by atoms with Crippen molar-refractivity contribution in [2.75, 3.05) is 13.7 Å². The van der Waals surface area contributed by atoms with E-state index in [0.29, 0.717) is 47.6 Å². The highest BCUT2D eigenvalue weighted by molar-refractivity contribution is 6.31. The number of nitrogens with zero attached hydrogens (tertiary/aromatic N) is 2. The Morgan fingerprint density at radius 3 is 2.45 bits per heavy atom. The molecule has 170 valence electrons. The van der Waals surface area contributed by atoms with Crippen molar-refractivity contribution in [1.82, 2.24) is 14.9 Å². The normalized spacial score (nSPS) is 11.0. The first kappa shape index (κ1) is 23.1. The molecule has 0 bridgehead atoms. The van der Waals surface area contributed by atoms with Crippen LogP contribution in [0.2, 0.25) is 10.0 Å². The molecule has 4 rings (SSSR count). The molecule has 0 aliphatic heterocycles. The maximum Gasteiger partial charge on any atom is 0.255 e. The number of fused-ring (bicyclic) bond motifs is 1. The molecule has 6 nitrogen and oxygen atoms in total. The van der Waals surface area contributed by atoms with Gasteiger partial charge >= 0.3 is 0 Å². The maximum absolute atomic E-state index is 13.3. The first-order valence-electron chi connectivity index (χ1n) is 10.4. The van der Waals surface area contributed by atoms with Crippen molar-refractivity contribution in [3.63, 3.8) is 0 Å². The van der Waals surface area contributed by atoms with Gasteiger partial charge in [0.05, 0.1) is 24.9 Å². The van der Waals surface area contributed by atoms with Crippen LogP contribution in [0.1, 0.15) is 11.3 Å². The molecule has 0 radical (unpaired) electrons. The van der Waals surface area contributed by atoms with Gasteiger partial charge < -0.3 is 19.4 Å². The summed E-state index contributed by atoms with van der Waals surface area (Å²) in [5.74, 6) is 1.46. The summed E-state index contributed by atoms with van der Waals surface area (Å²) in [6, 6.07) is 18.3. The van der Waals surface area contributed by atoms with Crippen LogP contribution in [-0.2, 0) is 19.6 Å². The summed E-state index contributed by atoms with van der Waals surface area (Å²) in [5.41, 5.74) is 2.14. The number of aromatic nitrogens is 2. The number of rotatable bonds is 9. The van der Waals surface area contributed by atoms with Crippen LogP contribution >= 0.6 is 23.2 Å². The van der Waals surface area contributed by atoms with Gasteiger partial charge in [-0.1, -0.05) is 29.3 Å². The minimum absolute atomic E-state index is 0.0883. The molecule has 33 heavy (non-hydrogen) atoms. The fraction of sp³-hybridized carbons (Fsp3) is 0.200. The van der Waals surface area contributed by atoms with Gasteiger partial charge in [0.15, 0.2) is 0 Å². The van der Waals surface area contributed by atoms with E-state index in [1.54, 1.807) is 36.1 Å². The van der Waals surface area contributed by atoms with E-state index < -0.39 is 0 Å². The highest BCUT2D eigenvalue weighted by atomic mass is 35.5. The largest absolute Gasteiger partial charge is 0.497 e. The lowest BCUT2D eigenvalue weighted by Crippen LogP contribution is -2.29. The Morgan fingerprint density at radius 2 is 1.70 bits per heavy atom. The number of halogens is 2. The SMILES string of the molecule is COc1ccc(OCCn2c(=O)c(CNCc3cc(Cl)ccn3)cc3ccc(Cl)cc32)cc1. The van der Waals surface area contributed by atoms with Gasteiger partial charge in [-0.05, 0) is 60.0 Å². The Balaban J connectivity index is 1.52. The molecule has 0 saturated carbocycles. The van der Waals surface area contributed by atoms with E-state index in [-0.39, 0.29) is 5.56 Å². The standard InChI is InChI=1S/C25H23Cl2N3O3/c1-32-22-4-6-23(7-5-22)33-11-10-30-24-14-19(26)3-2-17(24)12-18(25(30)31)15-28-16-21-13-20(27)8-9-29-21/h2-9,12-14,28H,10-11,15-16H2,1H3. The second-order valence-corrected chi connectivity index (χ2v) is 8.30. The third-order valence-electron chi connectivity index (χ3n) is 5.18. The third-order valence-corrected chi connectivity index (χ3v) is 5.65. The number of ether oxygens (including phenoxy) is 2. The average molecular weight is 484 g/mol. The Kier molecular flexibility index (Phi) is 7.50. The van der Waals surface area contributed by atoms with Crippen molar-refractivity contribution in [3.05, 3.63) is 98.5 Å². The molecule has 0 spiro atoms. The topological polar surface area (TPSA) is 65.4 Å². The molecule has 8 heteroatoms. The molecule has 1 N–H and O–H groups in total. The minimum atomic E-state index is -0.0883. The summed E-state index contributed by atoms with van der Waals surface area (Å²) in [4.78, 5) is 17.6. The van der Waals surface area contributed by atoms with Crippen LogP contribution in [0.15, 0.2) is 71.7 Å². The summed E-state index contributed by atoms with van der Waals surface area (Å²) in [5, 5.41) is 5.41. The molecule has 4 aromatic rings. The molecule has 0 fully saturated rings. The predicted molar refractivity (Wildman–Crippen MR) is 131 cm³/mol. The second-order valence-electron chi connectivity index (χ2n) is 7.42. The van der Waals surface area contributed by atoms with Crippen LogP contribution in [-0.4, -0.2) is 23.3 Å². The summed E-state index contributed by atoms with van der Waals surface area (Å²) in [7, 11) is 1.62. The zero-order valence-electron chi connectivity index (χ0n) is 18.1. The number of hydrogen-bond acceptors (Lipinski definition) is 5. The Hall–Kier alpha value is -3.06. The molecule has 2 heterocycles. The lowest BCUT2D eigenvalue weighted by molar-refractivity contribution is 0.297. The molecule has 0 aliphatic carbocycles. The average Bonchev–Trinajstić information content (AvgIpc) is 2.82. The van der Waals surface area contributed by atoms with Gasteiger partial charge in [-0.3, -0.25) is 9.78 Å². The number of hydrogen-bond donors (Lipinski definition) is 1. The van der Waals surface area contributed by atoms with Crippen LogP contribution in [0, 0.1) is 0 Å². The van der Waals surface area contributed by atoms with E-state index in [9.17, 15) is 4.79 Å². The fourth-order valence-electron chi connectivity index (χ4n) is 3.55. The van der Waals surface area contributed by atoms with E-state index in [4.69, 9.17) is 32.7 Å². The van der Waals surface area contributed by atoms with Crippen LogP contribution in [0.4, 0.5) is 0 Å². The first-order chi connectivity index (χ1) is 16.0. The van der Waals surface area contributed by atoms with Crippen LogP contribution in [0.25, 0.3) is 10.9 Å². The number of methoxy groups -OCH3 is 1. The van der Waals surface area contributed by atoms with Crippen LogP contribution in [0.3, 0.4) is 0 Å². The number of nitrogens with one attached hydrogen (secondary N) is 1. The Bertz CT molecular complexity index is 1310. The molecule has 0 atom stereocenters. The molecule has 0 amide bonds. The summed E-state index contributed by atoms with van der Waals surface area (Å²) >= 11 is 12.2. The molecular weight excluding hydrogens is 461 g/mol. The molecule has 0 saturated heterocycles. The summed E-state index contributed by atoms with van der Waals surface area (Å²) in [6.07, 6.45) is 1.66. The molecule has 0 aliphatic rings. The highest BCUT2D eigenvalue weighted by Crippen LogP contribution is 2.20. The summed E-state index contributed by atoms with van der Waals surface area (Å²) in [6.45, 7) is 1.60. The van der Waals surface area contributed by atoms with Crippen molar-refractivity contribution in [2.24, 2.45) is 0 Å². The van der Waals surface area contributed by atoms with Crippen molar-refractivity contribution in [2.45, 2.75) is 19.6 Å². The minimum Gasteiger partial charge on any atom is -0.497 e. The fourth-order valence-corrected chi connectivity index (χ4v) is 3.90. The third kappa shape index (κ3) is 5.85. The van der Waals surface area contributed by atoms with Gasteiger partial charge in [-0.25, -0.2) is 0 Å². The molecule has 2 aromatic carbocycles. The molecule has 0 unspecified atom stereocenters. The van der Waals surface area contributed by atoms with Crippen molar-refractivity contribution < 1.29 is 9.47 Å². The van der Waals surface area contributed by atoms with E-state index in [1.165, 1.54) is 0 Å². The van der Waals surface area contributed by atoms with Crippen molar-refractivity contribution in [3.8, 4) is 11.5 Å². The van der Waals surface area contributed by atoms with Gasteiger partial charge in [0.2, 0.25) is 0 Å². The number of benzene rings is 2. The first-order valence-corrected chi connectivity index (χ1v) is 11.2. The van der Waals surface area contributed by atoms with Crippen LogP contribution < -0.4 is 20.3 Å². The number of pyridine rings is 2. The second kappa shape index (κ2) is 10.7. The molecular formula is C25H23Cl2N3O3. The highest BCUT2D eigenvalue weighted by Gasteiger charge is 2.11. The van der Waals surface area contributed by atoms with E-state index in [0.717, 1.165) is 22.3 Å². The van der Waals surface area contributed by atoms with Gasteiger partial charge in [-0.15, -0.1) is 0 Å².